The lowest BCUT2D eigenvalue weighted by atomic mass is 9.67. The Bertz CT molecular complexity index is 1080. The fourth-order valence-corrected chi connectivity index (χ4v) is 4.75. The zero-order chi connectivity index (χ0) is 22.9. The number of esters is 1. The zero-order valence-corrected chi connectivity index (χ0v) is 19.1. The second kappa shape index (κ2) is 8.73. The number of methoxy groups -OCH3 is 1. The van der Waals surface area contributed by atoms with Gasteiger partial charge in [0.1, 0.15) is 18.3 Å². The van der Waals surface area contributed by atoms with Crippen LogP contribution in [0.25, 0.3) is 0 Å². The lowest BCUT2D eigenvalue weighted by molar-refractivity contribution is -0.143. The number of ketones is 1. The molecular weight excluding hydrogens is 402 g/mol. The Hall–Kier alpha value is -3.21. The van der Waals surface area contributed by atoms with E-state index in [1.165, 1.54) is 7.11 Å². The van der Waals surface area contributed by atoms with Gasteiger partial charge >= 0.3 is 5.97 Å². The van der Waals surface area contributed by atoms with Crippen LogP contribution in [0.3, 0.4) is 0 Å². The molecule has 2 atom stereocenters. The van der Waals surface area contributed by atoms with Crippen LogP contribution in [-0.2, 0) is 20.9 Å². The molecule has 2 aromatic rings. The van der Waals surface area contributed by atoms with Gasteiger partial charge in [-0.1, -0.05) is 56.3 Å². The Morgan fingerprint density at radius 2 is 1.75 bits per heavy atom. The summed E-state index contributed by atoms with van der Waals surface area (Å²) in [5.74, 6) is -0.582. The molecule has 0 bridgehead atoms. The van der Waals surface area contributed by atoms with Crippen molar-refractivity contribution >= 4 is 17.5 Å². The average molecular weight is 432 g/mol. The van der Waals surface area contributed by atoms with E-state index in [0.717, 1.165) is 22.6 Å². The highest BCUT2D eigenvalue weighted by Gasteiger charge is 2.45. The number of hydrogen-bond donors (Lipinski definition) is 0. The van der Waals surface area contributed by atoms with E-state index >= 15 is 0 Å². The van der Waals surface area contributed by atoms with Crippen LogP contribution in [0.4, 0.5) is 0 Å². The molecule has 2 aliphatic rings. The van der Waals surface area contributed by atoms with Crippen LogP contribution in [0.2, 0.25) is 0 Å². The second-order valence-corrected chi connectivity index (χ2v) is 9.38. The molecule has 0 aromatic heterocycles. The summed E-state index contributed by atoms with van der Waals surface area (Å²) < 4.78 is 11.0. The van der Waals surface area contributed by atoms with Gasteiger partial charge in [-0.2, -0.15) is 0 Å². The van der Waals surface area contributed by atoms with Gasteiger partial charge < -0.3 is 9.47 Å². The molecule has 0 radical (unpaired) electrons. The molecule has 166 valence electrons. The summed E-state index contributed by atoms with van der Waals surface area (Å²) in [6.07, 6.45) is 1.16. The summed E-state index contributed by atoms with van der Waals surface area (Å²) >= 11 is 0. The standard InChI is InChI=1S/C27H29NO4/c1-17-23(26(30)31-4)24(25-21(28-17)14-27(2,3)15-22(25)29)19-10-12-20(13-11-19)32-16-18-8-6-5-7-9-18/h5-13,23-24H,14-16H2,1-4H3/t23?,24-/m1/s1. The molecule has 0 fully saturated rings. The highest BCUT2D eigenvalue weighted by molar-refractivity contribution is 6.09. The number of nitrogens with zero attached hydrogens (tertiary/aromatic N) is 1. The summed E-state index contributed by atoms with van der Waals surface area (Å²) in [6.45, 7) is 6.49. The minimum Gasteiger partial charge on any atom is -0.489 e. The Morgan fingerprint density at radius 3 is 2.41 bits per heavy atom. The smallest absolute Gasteiger partial charge is 0.315 e. The van der Waals surface area contributed by atoms with Crippen LogP contribution in [-0.4, -0.2) is 24.6 Å². The Balaban J connectivity index is 1.66. The summed E-state index contributed by atoms with van der Waals surface area (Å²) in [7, 11) is 1.38. The lowest BCUT2D eigenvalue weighted by Gasteiger charge is -2.38. The molecular formula is C27H29NO4. The van der Waals surface area contributed by atoms with E-state index < -0.39 is 11.8 Å². The van der Waals surface area contributed by atoms with Crippen molar-refractivity contribution in [3.05, 3.63) is 77.0 Å². The highest BCUT2D eigenvalue weighted by atomic mass is 16.5. The number of ether oxygens (including phenoxy) is 2. The van der Waals surface area contributed by atoms with Crippen LogP contribution in [0, 0.1) is 11.3 Å². The van der Waals surface area contributed by atoms with Gasteiger partial charge in [-0.3, -0.25) is 14.6 Å². The number of carbonyl (C=O) groups is 2. The fourth-order valence-electron chi connectivity index (χ4n) is 4.75. The maximum Gasteiger partial charge on any atom is 0.315 e. The molecule has 4 rings (SSSR count). The topological polar surface area (TPSA) is 65.0 Å². The van der Waals surface area contributed by atoms with Gasteiger partial charge in [0.05, 0.1) is 7.11 Å². The number of Topliss-reactive ketones (excluding diaryl/α,β-unsaturated/α-hetero) is 1. The van der Waals surface area contributed by atoms with E-state index in [1.807, 2.05) is 61.5 Å². The van der Waals surface area contributed by atoms with E-state index in [-0.39, 0.29) is 17.2 Å². The quantitative estimate of drug-likeness (QED) is 0.606. The van der Waals surface area contributed by atoms with Crippen molar-refractivity contribution in [3.8, 4) is 5.75 Å². The van der Waals surface area contributed by atoms with Gasteiger partial charge in [-0.15, -0.1) is 0 Å². The van der Waals surface area contributed by atoms with Crippen molar-refractivity contribution in [1.82, 2.24) is 0 Å². The summed E-state index contributed by atoms with van der Waals surface area (Å²) in [6, 6.07) is 17.6. The van der Waals surface area contributed by atoms with Crippen LogP contribution in [0.15, 0.2) is 70.9 Å². The molecule has 5 heteroatoms. The molecule has 1 aliphatic carbocycles. The predicted octanol–water partition coefficient (Wildman–Crippen LogP) is 5.26. The normalized spacial score (nSPS) is 22.1. The first-order chi connectivity index (χ1) is 15.3. The van der Waals surface area contributed by atoms with Crippen molar-refractivity contribution in [2.75, 3.05) is 7.11 Å². The first-order valence-corrected chi connectivity index (χ1v) is 10.9. The van der Waals surface area contributed by atoms with Crippen molar-refractivity contribution in [2.45, 2.75) is 46.1 Å². The summed E-state index contributed by atoms with van der Waals surface area (Å²) in [5, 5.41) is 0. The van der Waals surface area contributed by atoms with Crippen molar-refractivity contribution in [2.24, 2.45) is 16.3 Å². The van der Waals surface area contributed by atoms with E-state index in [9.17, 15) is 9.59 Å². The lowest BCUT2D eigenvalue weighted by Crippen LogP contribution is -2.39. The maximum absolute atomic E-state index is 13.2. The Labute approximate surface area is 189 Å². The number of allylic oxidation sites excluding steroid dienone is 2. The molecule has 0 N–H and O–H groups in total. The number of rotatable bonds is 5. The molecule has 32 heavy (non-hydrogen) atoms. The minimum atomic E-state index is -0.611. The van der Waals surface area contributed by atoms with Gasteiger partial charge in [-0.05, 0) is 42.0 Å². The summed E-state index contributed by atoms with van der Waals surface area (Å²) in [5.41, 5.74) is 3.99. The molecule has 2 aromatic carbocycles. The van der Waals surface area contributed by atoms with Gasteiger partial charge in [0.25, 0.3) is 0 Å². The zero-order valence-electron chi connectivity index (χ0n) is 19.1. The van der Waals surface area contributed by atoms with Gasteiger partial charge in [0.2, 0.25) is 0 Å². The molecule has 0 saturated heterocycles. The monoisotopic (exact) mass is 431 g/mol. The Kier molecular flexibility index (Phi) is 6.00. The minimum absolute atomic E-state index is 0.0656. The van der Waals surface area contributed by atoms with Crippen LogP contribution in [0.1, 0.15) is 50.7 Å². The van der Waals surface area contributed by atoms with Crippen molar-refractivity contribution in [1.29, 1.82) is 0 Å². The van der Waals surface area contributed by atoms with E-state index in [0.29, 0.717) is 30.7 Å². The van der Waals surface area contributed by atoms with Gasteiger partial charge in [-0.25, -0.2) is 0 Å². The number of benzene rings is 2. The number of hydrogen-bond acceptors (Lipinski definition) is 5. The SMILES string of the molecule is COC(=O)C1C(C)=NC2=C(C(=O)CC(C)(C)C2)[C@@H]1c1ccc(OCc2ccccc2)cc1. The van der Waals surface area contributed by atoms with Gasteiger partial charge in [0, 0.05) is 29.3 Å². The van der Waals surface area contributed by atoms with Crippen LogP contribution in [0.5, 0.6) is 5.75 Å². The third kappa shape index (κ3) is 4.38. The average Bonchev–Trinajstić information content (AvgIpc) is 2.76. The van der Waals surface area contributed by atoms with E-state index in [2.05, 4.69) is 13.8 Å². The molecule has 5 nitrogen and oxygen atoms in total. The number of carbonyl (C=O) groups excluding carboxylic acids is 2. The van der Waals surface area contributed by atoms with Crippen LogP contribution >= 0.6 is 0 Å². The van der Waals surface area contributed by atoms with E-state index in [1.54, 1.807) is 0 Å². The maximum atomic E-state index is 13.2. The van der Waals surface area contributed by atoms with Crippen molar-refractivity contribution in [3.63, 3.8) is 0 Å². The predicted molar refractivity (Wildman–Crippen MR) is 124 cm³/mol. The second-order valence-electron chi connectivity index (χ2n) is 9.38. The van der Waals surface area contributed by atoms with Crippen molar-refractivity contribution < 1.29 is 19.1 Å². The van der Waals surface area contributed by atoms with Crippen LogP contribution < -0.4 is 4.74 Å². The van der Waals surface area contributed by atoms with Gasteiger partial charge in [0.15, 0.2) is 5.78 Å². The first kappa shape index (κ1) is 22.0. The molecule has 1 heterocycles. The molecule has 0 amide bonds. The Morgan fingerprint density at radius 1 is 1.06 bits per heavy atom. The van der Waals surface area contributed by atoms with E-state index in [4.69, 9.17) is 14.5 Å². The molecule has 1 unspecified atom stereocenters. The molecule has 0 saturated carbocycles. The largest absolute Gasteiger partial charge is 0.489 e. The molecule has 0 spiro atoms. The summed E-state index contributed by atoms with van der Waals surface area (Å²) in [4.78, 5) is 30.7. The highest BCUT2D eigenvalue weighted by Crippen LogP contribution is 2.48. The molecule has 1 aliphatic heterocycles. The third-order valence-corrected chi connectivity index (χ3v) is 6.24. The number of aliphatic imine (C=N–C) groups is 1. The first-order valence-electron chi connectivity index (χ1n) is 10.9. The fraction of sp³-hybridized carbons (Fsp3) is 0.370. The third-order valence-electron chi connectivity index (χ3n) is 6.24.